The molecule has 0 aliphatic carbocycles. The van der Waals surface area contributed by atoms with Crippen LogP contribution in [0.1, 0.15) is 32.3 Å². The summed E-state index contributed by atoms with van der Waals surface area (Å²) < 4.78 is 5.39. The average Bonchev–Trinajstić information content (AvgIpc) is 2.42. The number of anilines is 1. The lowest BCUT2D eigenvalue weighted by Crippen LogP contribution is -2.26. The second-order valence-corrected chi connectivity index (χ2v) is 4.41. The molecule has 3 nitrogen and oxygen atoms in total. The second kappa shape index (κ2) is 8.95. The minimum Gasteiger partial charge on any atom is -0.382 e. The quantitative estimate of drug-likeness (QED) is 0.685. The van der Waals surface area contributed by atoms with Crippen molar-refractivity contribution >= 4 is 5.69 Å². The molecule has 0 amide bonds. The highest BCUT2D eigenvalue weighted by atomic mass is 16.5. The largest absolute Gasteiger partial charge is 0.382 e. The van der Waals surface area contributed by atoms with Gasteiger partial charge in [0, 0.05) is 38.5 Å². The fourth-order valence-corrected chi connectivity index (χ4v) is 1.98. The molecule has 0 fully saturated rings. The van der Waals surface area contributed by atoms with Gasteiger partial charge in [0.25, 0.3) is 0 Å². The zero-order valence-electron chi connectivity index (χ0n) is 11.7. The maximum atomic E-state index is 5.62. The van der Waals surface area contributed by atoms with E-state index < -0.39 is 0 Å². The van der Waals surface area contributed by atoms with Gasteiger partial charge in [-0.3, -0.25) is 0 Å². The molecule has 0 aliphatic heterocycles. The van der Waals surface area contributed by atoms with Crippen LogP contribution in [-0.2, 0) is 11.3 Å². The van der Waals surface area contributed by atoms with Crippen molar-refractivity contribution in [2.75, 3.05) is 31.2 Å². The summed E-state index contributed by atoms with van der Waals surface area (Å²) >= 11 is 0. The number of ether oxygens (including phenoxy) is 1. The summed E-state index contributed by atoms with van der Waals surface area (Å²) in [6.45, 7) is 8.65. The molecule has 0 saturated heterocycles. The molecule has 102 valence electrons. The van der Waals surface area contributed by atoms with Crippen molar-refractivity contribution in [3.63, 3.8) is 0 Å². The van der Waals surface area contributed by atoms with E-state index in [1.807, 2.05) is 6.92 Å². The topological polar surface area (TPSA) is 38.5 Å². The fraction of sp³-hybridized carbons (Fsp3) is 0.600. The highest BCUT2D eigenvalue weighted by Gasteiger charge is 2.05. The lowest BCUT2D eigenvalue weighted by molar-refractivity contribution is 0.146. The number of benzene rings is 1. The van der Waals surface area contributed by atoms with Crippen LogP contribution in [0.15, 0.2) is 24.3 Å². The maximum absolute atomic E-state index is 5.62. The Balaban J connectivity index is 2.53. The number of nitrogens with zero attached hydrogens (tertiary/aromatic N) is 1. The molecule has 2 N–H and O–H groups in total. The molecule has 0 aliphatic rings. The normalized spacial score (nSPS) is 10.6. The summed E-state index contributed by atoms with van der Waals surface area (Å²) in [5.74, 6) is 0. The maximum Gasteiger partial charge on any atom is 0.0482 e. The standard InChI is InChI=1S/C15H26N2O/c1-3-10-17(11-5-12-18-4-2)15-8-6-14(13-16)7-9-15/h6-9H,3-5,10-13,16H2,1-2H3. The fourth-order valence-electron chi connectivity index (χ4n) is 1.98. The SMILES string of the molecule is CCCN(CCCOCC)c1ccc(CN)cc1. The van der Waals surface area contributed by atoms with E-state index in [9.17, 15) is 0 Å². The Morgan fingerprint density at radius 3 is 2.39 bits per heavy atom. The Bertz CT molecular complexity index is 311. The van der Waals surface area contributed by atoms with Gasteiger partial charge in [-0.15, -0.1) is 0 Å². The summed E-state index contributed by atoms with van der Waals surface area (Å²) in [6.07, 6.45) is 2.24. The van der Waals surface area contributed by atoms with Crippen LogP contribution in [0, 0.1) is 0 Å². The molecule has 0 bridgehead atoms. The van der Waals surface area contributed by atoms with Gasteiger partial charge < -0.3 is 15.4 Å². The summed E-state index contributed by atoms with van der Waals surface area (Å²) in [5, 5.41) is 0. The Morgan fingerprint density at radius 1 is 1.11 bits per heavy atom. The zero-order chi connectivity index (χ0) is 13.2. The van der Waals surface area contributed by atoms with Crippen LogP contribution in [0.4, 0.5) is 5.69 Å². The first-order chi connectivity index (χ1) is 8.81. The average molecular weight is 250 g/mol. The predicted octanol–water partition coefficient (Wildman–Crippen LogP) is 2.79. The molecular weight excluding hydrogens is 224 g/mol. The van der Waals surface area contributed by atoms with Crippen molar-refractivity contribution in [1.82, 2.24) is 0 Å². The molecular formula is C15H26N2O. The van der Waals surface area contributed by atoms with Crippen molar-refractivity contribution in [3.05, 3.63) is 29.8 Å². The van der Waals surface area contributed by atoms with E-state index in [4.69, 9.17) is 10.5 Å². The molecule has 18 heavy (non-hydrogen) atoms. The third kappa shape index (κ3) is 5.07. The van der Waals surface area contributed by atoms with E-state index >= 15 is 0 Å². The highest BCUT2D eigenvalue weighted by molar-refractivity contribution is 5.47. The summed E-state index contributed by atoms with van der Waals surface area (Å²) in [7, 11) is 0. The molecule has 0 atom stereocenters. The van der Waals surface area contributed by atoms with Crippen LogP contribution >= 0.6 is 0 Å². The van der Waals surface area contributed by atoms with Crippen molar-refractivity contribution < 1.29 is 4.74 Å². The van der Waals surface area contributed by atoms with E-state index in [2.05, 4.69) is 36.1 Å². The van der Waals surface area contributed by atoms with Gasteiger partial charge in [-0.2, -0.15) is 0 Å². The van der Waals surface area contributed by atoms with Gasteiger partial charge in [0.1, 0.15) is 0 Å². The van der Waals surface area contributed by atoms with Crippen LogP contribution in [0.25, 0.3) is 0 Å². The molecule has 0 aromatic heterocycles. The minimum absolute atomic E-state index is 0.610. The molecule has 1 aromatic carbocycles. The van der Waals surface area contributed by atoms with E-state index in [1.165, 1.54) is 11.3 Å². The monoisotopic (exact) mass is 250 g/mol. The molecule has 0 unspecified atom stereocenters. The summed E-state index contributed by atoms with van der Waals surface area (Å²) in [6, 6.07) is 8.55. The third-order valence-corrected chi connectivity index (χ3v) is 2.95. The van der Waals surface area contributed by atoms with E-state index in [0.29, 0.717) is 6.54 Å². The second-order valence-electron chi connectivity index (χ2n) is 4.41. The lowest BCUT2D eigenvalue weighted by Gasteiger charge is -2.24. The van der Waals surface area contributed by atoms with Crippen molar-refractivity contribution in [3.8, 4) is 0 Å². The van der Waals surface area contributed by atoms with Gasteiger partial charge in [-0.1, -0.05) is 19.1 Å². The van der Waals surface area contributed by atoms with Crippen LogP contribution in [0.3, 0.4) is 0 Å². The molecule has 1 aromatic rings. The Hall–Kier alpha value is -1.06. The van der Waals surface area contributed by atoms with Crippen LogP contribution in [-0.4, -0.2) is 26.3 Å². The molecule has 0 heterocycles. The Morgan fingerprint density at radius 2 is 1.83 bits per heavy atom. The van der Waals surface area contributed by atoms with Gasteiger partial charge >= 0.3 is 0 Å². The van der Waals surface area contributed by atoms with Crippen LogP contribution < -0.4 is 10.6 Å². The van der Waals surface area contributed by atoms with E-state index in [1.54, 1.807) is 0 Å². The smallest absolute Gasteiger partial charge is 0.0482 e. The summed E-state index contributed by atoms with van der Waals surface area (Å²) in [4.78, 5) is 2.42. The highest BCUT2D eigenvalue weighted by Crippen LogP contribution is 2.16. The van der Waals surface area contributed by atoms with E-state index in [0.717, 1.165) is 39.1 Å². The Kier molecular flexibility index (Phi) is 7.46. The zero-order valence-corrected chi connectivity index (χ0v) is 11.7. The van der Waals surface area contributed by atoms with Gasteiger partial charge in [-0.25, -0.2) is 0 Å². The first-order valence-electron chi connectivity index (χ1n) is 6.93. The number of rotatable bonds is 9. The van der Waals surface area contributed by atoms with Gasteiger partial charge in [0.05, 0.1) is 0 Å². The predicted molar refractivity (Wildman–Crippen MR) is 77.9 cm³/mol. The molecule has 0 radical (unpaired) electrons. The molecule has 0 saturated carbocycles. The summed E-state index contributed by atoms with van der Waals surface area (Å²) in [5.41, 5.74) is 8.09. The molecule has 3 heteroatoms. The number of hydrogen-bond acceptors (Lipinski definition) is 3. The number of hydrogen-bond donors (Lipinski definition) is 1. The lowest BCUT2D eigenvalue weighted by atomic mass is 10.2. The first kappa shape index (κ1) is 15.0. The number of nitrogens with two attached hydrogens (primary N) is 1. The third-order valence-electron chi connectivity index (χ3n) is 2.95. The van der Waals surface area contributed by atoms with Gasteiger partial charge in [-0.05, 0) is 37.5 Å². The van der Waals surface area contributed by atoms with Crippen molar-refractivity contribution in [2.45, 2.75) is 33.2 Å². The van der Waals surface area contributed by atoms with Crippen molar-refractivity contribution in [2.24, 2.45) is 5.73 Å². The van der Waals surface area contributed by atoms with E-state index in [-0.39, 0.29) is 0 Å². The van der Waals surface area contributed by atoms with Gasteiger partial charge in [0.15, 0.2) is 0 Å². The van der Waals surface area contributed by atoms with Crippen molar-refractivity contribution in [1.29, 1.82) is 0 Å². The van der Waals surface area contributed by atoms with Gasteiger partial charge in [0.2, 0.25) is 0 Å². The minimum atomic E-state index is 0.610. The molecule has 0 spiro atoms. The molecule has 1 rings (SSSR count). The van der Waals surface area contributed by atoms with Crippen LogP contribution in [0.2, 0.25) is 0 Å². The first-order valence-corrected chi connectivity index (χ1v) is 6.93. The Labute approximate surface area is 111 Å². The van der Waals surface area contributed by atoms with Crippen LogP contribution in [0.5, 0.6) is 0 Å².